The van der Waals surface area contributed by atoms with E-state index in [1.807, 2.05) is 4.90 Å². The molecule has 0 aliphatic carbocycles. The Morgan fingerprint density at radius 3 is 2.77 bits per heavy atom. The van der Waals surface area contributed by atoms with Crippen molar-refractivity contribution in [2.24, 2.45) is 0 Å². The molecule has 0 fully saturated rings. The molecule has 1 N–H and O–H groups in total. The number of fused-ring (bicyclic) bond motifs is 2. The number of aryl methyl sites for hydroxylation is 1. The molecular formula is C21H16F3N5O2. The third-order valence-electron chi connectivity index (χ3n) is 5.27. The number of halogens is 3. The molecule has 4 heterocycles. The molecule has 0 saturated heterocycles. The van der Waals surface area contributed by atoms with Gasteiger partial charge in [0.2, 0.25) is 5.65 Å². The first kappa shape index (κ1) is 19.3. The van der Waals surface area contributed by atoms with Crippen LogP contribution in [0.5, 0.6) is 5.75 Å². The van der Waals surface area contributed by atoms with Crippen molar-refractivity contribution >= 4 is 17.2 Å². The fourth-order valence-electron chi connectivity index (χ4n) is 3.78. The lowest BCUT2D eigenvalue weighted by Gasteiger charge is -2.25. The lowest BCUT2D eigenvalue weighted by atomic mass is 10.0. The molecule has 31 heavy (non-hydrogen) atoms. The molecule has 4 aromatic rings. The van der Waals surface area contributed by atoms with Crippen LogP contribution in [-0.4, -0.2) is 31.6 Å². The molecule has 10 heteroatoms. The van der Waals surface area contributed by atoms with Crippen LogP contribution in [0.3, 0.4) is 0 Å². The predicted octanol–water partition coefficient (Wildman–Crippen LogP) is 4.28. The summed E-state index contributed by atoms with van der Waals surface area (Å²) in [6, 6.07) is 5.32. The summed E-state index contributed by atoms with van der Waals surface area (Å²) in [4.78, 5) is 19.2. The second-order valence-corrected chi connectivity index (χ2v) is 7.37. The van der Waals surface area contributed by atoms with Gasteiger partial charge in [0.05, 0.1) is 23.5 Å². The number of rotatable bonds is 2. The summed E-state index contributed by atoms with van der Waals surface area (Å²) in [5.74, 6) is -0.490. The quantitative estimate of drug-likeness (QED) is 0.511. The van der Waals surface area contributed by atoms with Crippen molar-refractivity contribution in [3.8, 4) is 17.0 Å². The maximum Gasteiger partial charge on any atom is 0.416 e. The van der Waals surface area contributed by atoms with Gasteiger partial charge in [0.25, 0.3) is 6.01 Å². The van der Waals surface area contributed by atoms with Crippen molar-refractivity contribution in [1.29, 1.82) is 0 Å². The summed E-state index contributed by atoms with van der Waals surface area (Å²) in [7, 11) is 0. The minimum atomic E-state index is -4.54. The average Bonchev–Trinajstić information content (AvgIpc) is 3.16. The number of pyridine rings is 1. The SMILES string of the molecule is Cc1cc(C(F)(F)F)cc(O)c1-c1ccc2oc(N3CCc4ncncc4C3)nc2n1. The molecule has 1 aliphatic heterocycles. The minimum Gasteiger partial charge on any atom is -0.507 e. The summed E-state index contributed by atoms with van der Waals surface area (Å²) in [6.07, 6.45) is -0.521. The number of oxazole rings is 1. The Balaban J connectivity index is 1.50. The van der Waals surface area contributed by atoms with Crippen molar-refractivity contribution in [2.75, 3.05) is 11.4 Å². The second kappa shape index (κ2) is 6.93. The molecule has 0 spiro atoms. The molecule has 0 unspecified atom stereocenters. The lowest BCUT2D eigenvalue weighted by molar-refractivity contribution is -0.137. The van der Waals surface area contributed by atoms with E-state index < -0.39 is 17.5 Å². The van der Waals surface area contributed by atoms with Gasteiger partial charge in [0, 0.05) is 30.3 Å². The van der Waals surface area contributed by atoms with Crippen molar-refractivity contribution in [3.63, 3.8) is 0 Å². The number of phenols is 1. The largest absolute Gasteiger partial charge is 0.507 e. The molecule has 0 radical (unpaired) electrons. The Bertz CT molecular complexity index is 1280. The van der Waals surface area contributed by atoms with Gasteiger partial charge in [-0.25, -0.2) is 15.0 Å². The highest BCUT2D eigenvalue weighted by atomic mass is 19.4. The van der Waals surface area contributed by atoms with Crippen LogP contribution in [0.25, 0.3) is 22.5 Å². The van der Waals surface area contributed by atoms with E-state index in [-0.39, 0.29) is 11.1 Å². The number of anilines is 1. The van der Waals surface area contributed by atoms with Crippen LogP contribution < -0.4 is 4.90 Å². The first-order valence-corrected chi connectivity index (χ1v) is 9.51. The van der Waals surface area contributed by atoms with Crippen LogP contribution in [-0.2, 0) is 19.1 Å². The summed E-state index contributed by atoms with van der Waals surface area (Å²) < 4.78 is 44.8. The molecule has 1 aliphatic rings. The third kappa shape index (κ3) is 3.43. The number of hydrogen-bond acceptors (Lipinski definition) is 7. The van der Waals surface area contributed by atoms with Crippen molar-refractivity contribution in [2.45, 2.75) is 26.1 Å². The summed E-state index contributed by atoms with van der Waals surface area (Å²) in [5.41, 5.74) is 2.63. The van der Waals surface area contributed by atoms with Crippen molar-refractivity contribution in [3.05, 3.63) is 59.2 Å². The van der Waals surface area contributed by atoms with Gasteiger partial charge in [-0.2, -0.15) is 18.2 Å². The van der Waals surface area contributed by atoms with E-state index in [4.69, 9.17) is 4.42 Å². The molecule has 0 saturated carbocycles. The second-order valence-electron chi connectivity index (χ2n) is 7.37. The molecular weight excluding hydrogens is 411 g/mol. The number of hydrogen-bond donors (Lipinski definition) is 1. The topological polar surface area (TPSA) is 88.2 Å². The maximum absolute atomic E-state index is 13.0. The molecule has 1 aromatic carbocycles. The van der Waals surface area contributed by atoms with E-state index in [1.165, 1.54) is 13.3 Å². The van der Waals surface area contributed by atoms with Crippen molar-refractivity contribution < 1.29 is 22.7 Å². The lowest BCUT2D eigenvalue weighted by Crippen LogP contribution is -2.31. The smallest absolute Gasteiger partial charge is 0.416 e. The fourth-order valence-corrected chi connectivity index (χ4v) is 3.78. The molecule has 0 bridgehead atoms. The highest BCUT2D eigenvalue weighted by Crippen LogP contribution is 2.39. The Morgan fingerprint density at radius 2 is 2.00 bits per heavy atom. The Labute approximate surface area is 174 Å². The van der Waals surface area contributed by atoms with Gasteiger partial charge in [-0.3, -0.25) is 0 Å². The molecule has 0 atom stereocenters. The minimum absolute atomic E-state index is 0.225. The molecule has 158 valence electrons. The van der Waals surface area contributed by atoms with E-state index in [1.54, 1.807) is 18.3 Å². The van der Waals surface area contributed by atoms with Gasteiger partial charge >= 0.3 is 6.18 Å². The monoisotopic (exact) mass is 427 g/mol. The number of aromatic hydroxyl groups is 1. The number of phenolic OH excluding ortho intramolecular Hbond substituents is 1. The van der Waals surface area contributed by atoms with Gasteiger partial charge < -0.3 is 14.4 Å². The number of benzene rings is 1. The zero-order valence-corrected chi connectivity index (χ0v) is 16.3. The first-order valence-electron chi connectivity index (χ1n) is 9.51. The van der Waals surface area contributed by atoms with Gasteiger partial charge in [-0.05, 0) is 36.8 Å². The van der Waals surface area contributed by atoms with Gasteiger partial charge in [0.1, 0.15) is 12.1 Å². The van der Waals surface area contributed by atoms with Crippen LogP contribution >= 0.6 is 0 Å². The first-order chi connectivity index (χ1) is 14.8. The predicted molar refractivity (Wildman–Crippen MR) is 105 cm³/mol. The third-order valence-corrected chi connectivity index (χ3v) is 5.27. The Kier molecular flexibility index (Phi) is 4.31. The van der Waals surface area contributed by atoms with E-state index in [2.05, 4.69) is 19.9 Å². The van der Waals surface area contributed by atoms with Crippen LogP contribution in [0.2, 0.25) is 0 Å². The molecule has 5 rings (SSSR count). The van der Waals surface area contributed by atoms with Crippen LogP contribution in [0.4, 0.5) is 19.2 Å². The highest BCUT2D eigenvalue weighted by Gasteiger charge is 2.32. The van der Waals surface area contributed by atoms with E-state index in [0.29, 0.717) is 42.1 Å². The van der Waals surface area contributed by atoms with Crippen molar-refractivity contribution in [1.82, 2.24) is 19.9 Å². The van der Waals surface area contributed by atoms with E-state index in [0.717, 1.165) is 23.7 Å². The van der Waals surface area contributed by atoms with Gasteiger partial charge in [-0.15, -0.1) is 0 Å². The Morgan fingerprint density at radius 1 is 1.16 bits per heavy atom. The van der Waals surface area contributed by atoms with Crippen LogP contribution in [0.15, 0.2) is 41.2 Å². The summed E-state index contributed by atoms with van der Waals surface area (Å²) in [6.45, 7) is 2.72. The summed E-state index contributed by atoms with van der Waals surface area (Å²) in [5, 5.41) is 10.3. The van der Waals surface area contributed by atoms with Crippen LogP contribution in [0, 0.1) is 6.92 Å². The maximum atomic E-state index is 13.0. The normalized spacial score (nSPS) is 14.1. The van der Waals surface area contributed by atoms with Gasteiger partial charge in [-0.1, -0.05) is 0 Å². The van der Waals surface area contributed by atoms with E-state index in [9.17, 15) is 18.3 Å². The average molecular weight is 427 g/mol. The fraction of sp³-hybridized carbons (Fsp3) is 0.238. The zero-order chi connectivity index (χ0) is 21.8. The number of nitrogens with zero attached hydrogens (tertiary/aromatic N) is 5. The highest BCUT2D eigenvalue weighted by molar-refractivity contribution is 5.78. The molecule has 3 aromatic heterocycles. The molecule has 7 nitrogen and oxygen atoms in total. The standard InChI is InChI=1S/C21H16F3N5O2/c1-11-6-13(21(22,23)24)7-16(30)18(11)15-2-3-17-19(27-15)28-20(31-17)29-5-4-14-12(9-29)8-25-10-26-14/h2-3,6-8,10,30H,4-5,9H2,1H3. The number of aromatic nitrogens is 4. The van der Waals surface area contributed by atoms with Crippen LogP contribution in [0.1, 0.15) is 22.4 Å². The number of alkyl halides is 3. The zero-order valence-electron chi connectivity index (χ0n) is 16.3. The molecule has 0 amide bonds. The van der Waals surface area contributed by atoms with Gasteiger partial charge in [0.15, 0.2) is 5.58 Å². The Hall–Kier alpha value is -3.69. The van der Waals surface area contributed by atoms with E-state index >= 15 is 0 Å². The summed E-state index contributed by atoms with van der Waals surface area (Å²) >= 11 is 0.